The van der Waals surface area contributed by atoms with Gasteiger partial charge in [0.2, 0.25) is 0 Å². The molecule has 0 atom stereocenters. The average molecular weight is 261 g/mol. The zero-order valence-electron chi connectivity index (χ0n) is 12.9. The van der Waals surface area contributed by atoms with Crippen LogP contribution < -0.4 is 5.73 Å². The molecule has 1 aromatic carbocycles. The van der Waals surface area contributed by atoms with Crippen LogP contribution in [0.3, 0.4) is 0 Å². The number of benzene rings is 1. The normalized spacial score (nSPS) is 18.5. The molecule has 0 spiro atoms. The minimum Gasteiger partial charge on any atom is -0.379 e. The summed E-state index contributed by atoms with van der Waals surface area (Å²) in [5.74, 6) is 0.559. The Bertz CT molecular complexity index is 453. The second kappa shape index (κ2) is 4.92. The summed E-state index contributed by atoms with van der Waals surface area (Å²) < 4.78 is 5.54. The van der Waals surface area contributed by atoms with Crippen molar-refractivity contribution < 1.29 is 4.74 Å². The first-order chi connectivity index (χ1) is 8.73. The third-order valence-corrected chi connectivity index (χ3v) is 4.05. The number of rotatable bonds is 4. The van der Waals surface area contributed by atoms with Gasteiger partial charge >= 0.3 is 0 Å². The van der Waals surface area contributed by atoms with Crippen LogP contribution in [0.15, 0.2) is 18.2 Å². The summed E-state index contributed by atoms with van der Waals surface area (Å²) in [5, 5.41) is 0. The van der Waals surface area contributed by atoms with Gasteiger partial charge in [-0.1, -0.05) is 32.0 Å². The third kappa shape index (κ3) is 3.01. The minimum absolute atomic E-state index is 0.118. The Kier molecular flexibility index (Phi) is 3.76. The Balaban J connectivity index is 2.40. The highest BCUT2D eigenvalue weighted by Crippen LogP contribution is 2.41. The lowest BCUT2D eigenvalue weighted by Gasteiger charge is -2.46. The van der Waals surface area contributed by atoms with Crippen LogP contribution in [0.5, 0.6) is 0 Å². The molecule has 0 aliphatic carbocycles. The molecular formula is C17H27NO. The average Bonchev–Trinajstić information content (AvgIpc) is 2.23. The maximum Gasteiger partial charge on any atom is 0.0586 e. The molecule has 0 aromatic heterocycles. The van der Waals surface area contributed by atoms with Gasteiger partial charge in [-0.15, -0.1) is 0 Å². The van der Waals surface area contributed by atoms with Crippen LogP contribution in [-0.2, 0) is 10.2 Å². The molecule has 0 saturated carbocycles. The van der Waals surface area contributed by atoms with Gasteiger partial charge < -0.3 is 10.5 Å². The number of hydrogen-bond acceptors (Lipinski definition) is 2. The van der Waals surface area contributed by atoms with E-state index < -0.39 is 0 Å². The summed E-state index contributed by atoms with van der Waals surface area (Å²) in [7, 11) is 0. The molecular weight excluding hydrogens is 234 g/mol. The van der Waals surface area contributed by atoms with Crippen LogP contribution in [0.4, 0.5) is 0 Å². The number of nitrogens with two attached hydrogens (primary N) is 1. The van der Waals surface area contributed by atoms with Crippen molar-refractivity contribution in [3.63, 3.8) is 0 Å². The van der Waals surface area contributed by atoms with Crippen LogP contribution >= 0.6 is 0 Å². The molecule has 1 aliphatic rings. The van der Waals surface area contributed by atoms with Gasteiger partial charge in [0.1, 0.15) is 0 Å². The predicted molar refractivity (Wildman–Crippen MR) is 80.6 cm³/mol. The molecule has 2 nitrogen and oxygen atoms in total. The van der Waals surface area contributed by atoms with Gasteiger partial charge in [0.05, 0.1) is 13.2 Å². The van der Waals surface area contributed by atoms with Gasteiger partial charge in [0, 0.05) is 11.0 Å². The van der Waals surface area contributed by atoms with Gasteiger partial charge in [-0.3, -0.25) is 0 Å². The molecule has 1 aliphatic heterocycles. The summed E-state index contributed by atoms with van der Waals surface area (Å²) in [6.07, 6.45) is 0.975. The van der Waals surface area contributed by atoms with Crippen molar-refractivity contribution in [2.75, 3.05) is 13.2 Å². The van der Waals surface area contributed by atoms with E-state index in [0.717, 1.165) is 19.6 Å². The fourth-order valence-corrected chi connectivity index (χ4v) is 3.14. The maximum absolute atomic E-state index is 6.26. The van der Waals surface area contributed by atoms with E-state index in [4.69, 9.17) is 10.5 Å². The Morgan fingerprint density at radius 2 is 1.95 bits per heavy atom. The van der Waals surface area contributed by atoms with E-state index in [-0.39, 0.29) is 11.0 Å². The number of aryl methyl sites for hydroxylation is 1. The Labute approximate surface area is 117 Å². The van der Waals surface area contributed by atoms with Gasteiger partial charge in [-0.2, -0.15) is 0 Å². The molecule has 0 amide bonds. The van der Waals surface area contributed by atoms with Crippen LogP contribution in [0.2, 0.25) is 0 Å². The van der Waals surface area contributed by atoms with E-state index in [9.17, 15) is 0 Å². The molecule has 19 heavy (non-hydrogen) atoms. The van der Waals surface area contributed by atoms with E-state index in [1.54, 1.807) is 0 Å². The molecule has 2 N–H and O–H groups in total. The summed E-state index contributed by atoms with van der Waals surface area (Å²) in [6, 6.07) is 6.85. The summed E-state index contributed by atoms with van der Waals surface area (Å²) in [6.45, 7) is 12.5. The zero-order chi connectivity index (χ0) is 14.3. The van der Waals surface area contributed by atoms with Gasteiger partial charge in [0.25, 0.3) is 0 Å². The topological polar surface area (TPSA) is 35.2 Å². The third-order valence-electron chi connectivity index (χ3n) is 4.05. The van der Waals surface area contributed by atoms with E-state index in [2.05, 4.69) is 52.8 Å². The molecule has 1 fully saturated rings. The van der Waals surface area contributed by atoms with Crippen molar-refractivity contribution in [2.24, 2.45) is 5.73 Å². The Morgan fingerprint density at radius 1 is 1.32 bits per heavy atom. The first-order valence-corrected chi connectivity index (χ1v) is 7.21. The molecule has 1 aromatic rings. The lowest BCUT2D eigenvalue weighted by atomic mass is 9.69. The standard InChI is InChI=1S/C17H27NO/c1-12(2)14-7-6-13(3)15(8-14)17(10-19-11-17)9-16(4,5)18/h6-8,12H,9-11,18H2,1-5H3. The van der Waals surface area contributed by atoms with E-state index in [1.807, 2.05) is 0 Å². The van der Waals surface area contributed by atoms with Crippen molar-refractivity contribution in [3.05, 3.63) is 34.9 Å². The highest BCUT2D eigenvalue weighted by atomic mass is 16.5. The molecule has 0 unspecified atom stereocenters. The smallest absolute Gasteiger partial charge is 0.0586 e. The van der Waals surface area contributed by atoms with Crippen LogP contribution in [0, 0.1) is 6.92 Å². The summed E-state index contributed by atoms with van der Waals surface area (Å²) in [4.78, 5) is 0. The second-order valence-corrected chi connectivity index (χ2v) is 7.17. The van der Waals surface area contributed by atoms with Crippen LogP contribution in [-0.4, -0.2) is 18.8 Å². The van der Waals surface area contributed by atoms with Crippen molar-refractivity contribution in [2.45, 2.75) is 57.9 Å². The minimum atomic E-state index is -0.163. The quantitative estimate of drug-likeness (QED) is 0.900. The molecule has 0 radical (unpaired) electrons. The fraction of sp³-hybridized carbons (Fsp3) is 0.647. The molecule has 0 bridgehead atoms. The fourth-order valence-electron chi connectivity index (χ4n) is 3.14. The molecule has 1 heterocycles. The highest BCUT2D eigenvalue weighted by molar-refractivity contribution is 5.40. The first kappa shape index (κ1) is 14.5. The number of hydrogen-bond donors (Lipinski definition) is 1. The predicted octanol–water partition coefficient (Wildman–Crippen LogP) is 3.51. The van der Waals surface area contributed by atoms with E-state index in [1.165, 1.54) is 16.7 Å². The van der Waals surface area contributed by atoms with Crippen molar-refractivity contribution in [1.29, 1.82) is 0 Å². The van der Waals surface area contributed by atoms with Crippen molar-refractivity contribution in [3.8, 4) is 0 Å². The van der Waals surface area contributed by atoms with Crippen LogP contribution in [0.25, 0.3) is 0 Å². The summed E-state index contributed by atoms with van der Waals surface area (Å²) >= 11 is 0. The lowest BCUT2D eigenvalue weighted by Crippen LogP contribution is -2.53. The van der Waals surface area contributed by atoms with E-state index in [0.29, 0.717) is 5.92 Å². The van der Waals surface area contributed by atoms with Gasteiger partial charge in [-0.05, 0) is 49.8 Å². The molecule has 106 valence electrons. The molecule has 2 rings (SSSR count). The SMILES string of the molecule is Cc1ccc(C(C)C)cc1C1(CC(C)(C)N)COC1. The van der Waals surface area contributed by atoms with Crippen molar-refractivity contribution in [1.82, 2.24) is 0 Å². The molecule has 1 saturated heterocycles. The highest BCUT2D eigenvalue weighted by Gasteiger charge is 2.44. The van der Waals surface area contributed by atoms with Crippen molar-refractivity contribution >= 4 is 0 Å². The maximum atomic E-state index is 6.26. The monoisotopic (exact) mass is 261 g/mol. The van der Waals surface area contributed by atoms with Gasteiger partial charge in [-0.25, -0.2) is 0 Å². The summed E-state index contributed by atoms with van der Waals surface area (Å²) in [5.41, 5.74) is 10.4. The Morgan fingerprint density at radius 3 is 2.37 bits per heavy atom. The van der Waals surface area contributed by atoms with E-state index >= 15 is 0 Å². The van der Waals surface area contributed by atoms with Gasteiger partial charge in [0.15, 0.2) is 0 Å². The molecule has 2 heteroatoms. The zero-order valence-corrected chi connectivity index (χ0v) is 12.9. The second-order valence-electron chi connectivity index (χ2n) is 7.17. The number of ether oxygens (including phenoxy) is 1. The first-order valence-electron chi connectivity index (χ1n) is 7.21. The Hall–Kier alpha value is -0.860. The largest absolute Gasteiger partial charge is 0.379 e. The lowest BCUT2D eigenvalue weighted by molar-refractivity contribution is -0.0722. The van der Waals surface area contributed by atoms with Crippen LogP contribution in [0.1, 0.15) is 56.7 Å².